The van der Waals surface area contributed by atoms with Gasteiger partial charge < -0.3 is 15.1 Å². The minimum Gasteiger partial charge on any atom is -0.359 e. The molecule has 0 aliphatic carbocycles. The number of carbonyl (C=O) groups is 1. The van der Waals surface area contributed by atoms with Crippen LogP contribution in [0.1, 0.15) is 57.3 Å². The van der Waals surface area contributed by atoms with E-state index in [0.29, 0.717) is 48.5 Å². The number of benzene rings is 2. The molecule has 4 atom stereocenters. The number of amides is 1. The SMILES string of the molecule is CC(c1ccc([C@@H]2CN(C(=O)C(C)(C)C)CCN2c2ccc(Cl)cc2F)cc1)N1CC2CC1CN2. The number of hydrogen-bond donors (Lipinski definition) is 1. The average Bonchev–Trinajstić information content (AvgIpc) is 3.46. The molecule has 2 aromatic rings. The Kier molecular flexibility index (Phi) is 6.58. The standard InChI is InChI=1S/C28H36ClFN4O/c1-18(34-16-22-14-23(34)15-31-22)19-5-7-20(8-6-19)26-17-32(27(35)28(2,3)4)11-12-33(26)25-10-9-21(29)13-24(25)30/h5-10,13,18,22-23,26,31H,11-12,14-17H2,1-4H3/t18?,22?,23?,26-/m0/s1. The summed E-state index contributed by atoms with van der Waals surface area (Å²) in [4.78, 5) is 19.7. The molecule has 3 aliphatic rings. The number of rotatable bonds is 4. The fraction of sp³-hybridized carbons (Fsp3) is 0.536. The monoisotopic (exact) mass is 498 g/mol. The highest BCUT2D eigenvalue weighted by Crippen LogP contribution is 2.36. The molecule has 0 saturated carbocycles. The lowest BCUT2D eigenvalue weighted by molar-refractivity contribution is -0.140. The molecule has 2 aromatic carbocycles. The molecular formula is C28H36ClFN4O. The first-order valence-electron chi connectivity index (χ1n) is 12.7. The van der Waals surface area contributed by atoms with Crippen LogP contribution in [0.5, 0.6) is 0 Å². The third-order valence-electron chi connectivity index (χ3n) is 7.93. The maximum Gasteiger partial charge on any atom is 0.228 e. The van der Waals surface area contributed by atoms with Crippen LogP contribution >= 0.6 is 11.6 Å². The minimum absolute atomic E-state index is 0.127. The van der Waals surface area contributed by atoms with Crippen molar-refractivity contribution in [2.75, 3.05) is 37.6 Å². The molecular weight excluding hydrogens is 463 g/mol. The number of carbonyl (C=O) groups excluding carboxylic acids is 1. The number of likely N-dealkylation sites (tertiary alicyclic amines) is 1. The van der Waals surface area contributed by atoms with Crippen LogP contribution < -0.4 is 10.2 Å². The lowest BCUT2D eigenvalue weighted by atomic mass is 9.92. The van der Waals surface area contributed by atoms with Crippen molar-refractivity contribution in [2.45, 2.75) is 58.3 Å². The van der Waals surface area contributed by atoms with Crippen molar-refractivity contribution in [3.8, 4) is 0 Å². The highest BCUT2D eigenvalue weighted by molar-refractivity contribution is 6.30. The number of nitrogens with one attached hydrogen (secondary N) is 1. The predicted octanol–water partition coefficient (Wildman–Crippen LogP) is 5.02. The van der Waals surface area contributed by atoms with Crippen LogP contribution in [-0.4, -0.2) is 60.5 Å². The van der Waals surface area contributed by atoms with E-state index in [4.69, 9.17) is 11.6 Å². The third kappa shape index (κ3) is 4.81. The van der Waals surface area contributed by atoms with Crippen LogP contribution in [0, 0.1) is 11.2 Å². The smallest absolute Gasteiger partial charge is 0.228 e. The van der Waals surface area contributed by atoms with Gasteiger partial charge in [0.25, 0.3) is 0 Å². The highest BCUT2D eigenvalue weighted by Gasteiger charge is 2.40. The molecule has 3 fully saturated rings. The zero-order chi connectivity index (χ0) is 24.9. The Hall–Kier alpha value is -2.15. The molecule has 3 saturated heterocycles. The molecule has 7 heteroatoms. The lowest BCUT2D eigenvalue weighted by Crippen LogP contribution is -2.53. The molecule has 3 heterocycles. The fourth-order valence-corrected chi connectivity index (χ4v) is 6.14. The number of anilines is 1. The second-order valence-corrected chi connectivity index (χ2v) is 11.8. The molecule has 2 bridgehead atoms. The van der Waals surface area contributed by atoms with Gasteiger partial charge in [-0.15, -0.1) is 0 Å². The summed E-state index contributed by atoms with van der Waals surface area (Å²) in [6, 6.07) is 15.0. The second kappa shape index (κ2) is 9.38. The van der Waals surface area contributed by atoms with Gasteiger partial charge in [0.1, 0.15) is 5.82 Å². The van der Waals surface area contributed by atoms with Crippen molar-refractivity contribution >= 4 is 23.2 Å². The Morgan fingerprint density at radius 2 is 1.86 bits per heavy atom. The largest absolute Gasteiger partial charge is 0.359 e. The molecule has 0 spiro atoms. The van der Waals surface area contributed by atoms with Crippen molar-refractivity contribution in [1.29, 1.82) is 0 Å². The fourth-order valence-electron chi connectivity index (χ4n) is 5.99. The minimum atomic E-state index is -0.457. The summed E-state index contributed by atoms with van der Waals surface area (Å²) in [5.41, 5.74) is 2.46. The van der Waals surface area contributed by atoms with Gasteiger partial charge in [0, 0.05) is 61.3 Å². The van der Waals surface area contributed by atoms with Crippen LogP contribution in [0.4, 0.5) is 10.1 Å². The Morgan fingerprint density at radius 1 is 1.11 bits per heavy atom. The molecule has 5 nitrogen and oxygen atoms in total. The second-order valence-electron chi connectivity index (χ2n) is 11.3. The number of nitrogens with zero attached hydrogens (tertiary/aromatic N) is 3. The Labute approximate surface area is 213 Å². The summed E-state index contributed by atoms with van der Waals surface area (Å²) in [7, 11) is 0. The summed E-state index contributed by atoms with van der Waals surface area (Å²) < 4.78 is 15.0. The predicted molar refractivity (Wildman–Crippen MR) is 139 cm³/mol. The summed E-state index contributed by atoms with van der Waals surface area (Å²) in [6.07, 6.45) is 1.24. The van der Waals surface area contributed by atoms with Crippen LogP contribution in [0.2, 0.25) is 5.02 Å². The van der Waals surface area contributed by atoms with E-state index in [1.165, 1.54) is 18.1 Å². The maximum atomic E-state index is 15.0. The number of piperazine rings is 2. The molecule has 3 unspecified atom stereocenters. The van der Waals surface area contributed by atoms with E-state index in [1.54, 1.807) is 12.1 Å². The number of halogens is 2. The van der Waals surface area contributed by atoms with Crippen molar-refractivity contribution in [3.63, 3.8) is 0 Å². The molecule has 1 amide bonds. The summed E-state index contributed by atoms with van der Waals surface area (Å²) >= 11 is 6.03. The molecule has 1 N–H and O–H groups in total. The maximum absolute atomic E-state index is 15.0. The molecule has 5 rings (SSSR count). The van der Waals surface area contributed by atoms with Crippen molar-refractivity contribution < 1.29 is 9.18 Å². The van der Waals surface area contributed by atoms with Gasteiger partial charge in [-0.2, -0.15) is 0 Å². The van der Waals surface area contributed by atoms with E-state index < -0.39 is 5.41 Å². The van der Waals surface area contributed by atoms with Crippen LogP contribution in [0.3, 0.4) is 0 Å². The highest BCUT2D eigenvalue weighted by atomic mass is 35.5. The van der Waals surface area contributed by atoms with Crippen molar-refractivity contribution in [3.05, 3.63) is 64.4 Å². The quantitative estimate of drug-likeness (QED) is 0.642. The molecule has 188 valence electrons. The van der Waals surface area contributed by atoms with Gasteiger partial charge in [0.2, 0.25) is 5.91 Å². The van der Waals surface area contributed by atoms with Crippen LogP contribution in [0.15, 0.2) is 42.5 Å². The average molecular weight is 499 g/mol. The van der Waals surface area contributed by atoms with Gasteiger partial charge in [-0.25, -0.2) is 4.39 Å². The Balaban J connectivity index is 1.42. The van der Waals surface area contributed by atoms with Crippen LogP contribution in [-0.2, 0) is 4.79 Å². The van der Waals surface area contributed by atoms with Gasteiger partial charge in [0.05, 0.1) is 11.7 Å². The van der Waals surface area contributed by atoms with Gasteiger partial charge in [-0.05, 0) is 42.7 Å². The Bertz CT molecular complexity index is 1090. The summed E-state index contributed by atoms with van der Waals surface area (Å²) in [5, 5.41) is 3.96. The van der Waals surface area contributed by atoms with Gasteiger partial charge in [0.15, 0.2) is 0 Å². The summed E-state index contributed by atoms with van der Waals surface area (Å²) in [6.45, 7) is 12.0. The van der Waals surface area contributed by atoms with Gasteiger partial charge in [-0.1, -0.05) is 56.6 Å². The first-order chi connectivity index (χ1) is 16.6. The normalized spacial score (nSPS) is 25.8. The van der Waals surface area contributed by atoms with Gasteiger partial charge in [-0.3, -0.25) is 9.69 Å². The van der Waals surface area contributed by atoms with E-state index >= 15 is 0 Å². The summed E-state index contributed by atoms with van der Waals surface area (Å²) in [5.74, 6) is -0.206. The van der Waals surface area contributed by atoms with Crippen LogP contribution in [0.25, 0.3) is 0 Å². The van der Waals surface area contributed by atoms with E-state index in [2.05, 4.69) is 46.3 Å². The molecule has 0 aromatic heterocycles. The van der Waals surface area contributed by atoms with E-state index in [9.17, 15) is 9.18 Å². The van der Waals surface area contributed by atoms with Crippen molar-refractivity contribution in [2.24, 2.45) is 5.41 Å². The number of hydrogen-bond acceptors (Lipinski definition) is 4. The first-order valence-corrected chi connectivity index (χ1v) is 13.1. The Morgan fingerprint density at radius 3 is 2.46 bits per heavy atom. The lowest BCUT2D eigenvalue weighted by Gasteiger charge is -2.44. The molecule has 0 radical (unpaired) electrons. The topological polar surface area (TPSA) is 38.8 Å². The van der Waals surface area contributed by atoms with E-state index in [0.717, 1.165) is 18.7 Å². The third-order valence-corrected chi connectivity index (χ3v) is 8.16. The van der Waals surface area contributed by atoms with E-state index in [-0.39, 0.29) is 17.8 Å². The molecule has 3 aliphatic heterocycles. The number of fused-ring (bicyclic) bond motifs is 2. The molecule has 35 heavy (non-hydrogen) atoms. The van der Waals surface area contributed by atoms with Crippen molar-refractivity contribution in [1.82, 2.24) is 15.1 Å². The van der Waals surface area contributed by atoms with Gasteiger partial charge >= 0.3 is 0 Å². The first kappa shape index (κ1) is 24.5. The van der Waals surface area contributed by atoms with E-state index in [1.807, 2.05) is 25.7 Å². The zero-order valence-electron chi connectivity index (χ0n) is 21.1. The zero-order valence-corrected chi connectivity index (χ0v) is 21.9.